The predicted octanol–water partition coefficient (Wildman–Crippen LogP) is 5.74. The van der Waals surface area contributed by atoms with Gasteiger partial charge in [0.1, 0.15) is 22.9 Å². The molecule has 2 N–H and O–H groups in total. The lowest BCUT2D eigenvalue weighted by molar-refractivity contribution is 0.0342. The zero-order chi connectivity index (χ0) is 36.9. The van der Waals surface area contributed by atoms with Crippen LogP contribution in [0.3, 0.4) is 0 Å². The van der Waals surface area contributed by atoms with E-state index in [0.717, 1.165) is 78.7 Å². The number of hydrogen-bond donors (Lipinski definition) is 2. The second kappa shape index (κ2) is 16.3. The number of aryl methyl sites for hydroxylation is 3. The molecule has 278 valence electrons. The standard InChI is InChI=1S/C40H47FN8O4/c1-27-19-33(45-47(27)3)26-49(25-32-13-14-46(2)44-32)34-9-7-31(8-10-34)43-39(51)38-22-30(41)23-42-40(38)53-36-6-4-5-28(21-36)37-12-11-35(50)20-29(37)24-48-15-17-52-18-16-48/h4-6,11-14,19-23,31,34,50H,7-10,15-18,24-26H2,1-3H3,(H,43,51)/t31-,34+. The van der Waals surface area contributed by atoms with Crippen LogP contribution in [0.15, 0.2) is 73.1 Å². The summed E-state index contributed by atoms with van der Waals surface area (Å²) in [6.07, 6.45) is 6.33. The highest BCUT2D eigenvalue weighted by molar-refractivity contribution is 5.96. The van der Waals surface area contributed by atoms with Gasteiger partial charge in [-0.15, -0.1) is 0 Å². The molecule has 13 heteroatoms. The van der Waals surface area contributed by atoms with Gasteiger partial charge in [0, 0.05) is 70.8 Å². The smallest absolute Gasteiger partial charge is 0.257 e. The second-order valence-electron chi connectivity index (χ2n) is 14.1. The van der Waals surface area contributed by atoms with Gasteiger partial charge in [-0.3, -0.25) is 24.0 Å². The Labute approximate surface area is 309 Å². The third kappa shape index (κ3) is 9.10. The molecule has 12 nitrogen and oxygen atoms in total. The van der Waals surface area contributed by atoms with Crippen molar-refractivity contribution in [3.05, 3.63) is 107 Å². The fourth-order valence-corrected chi connectivity index (χ4v) is 7.34. The van der Waals surface area contributed by atoms with Gasteiger partial charge in [0.25, 0.3) is 5.91 Å². The Morgan fingerprint density at radius 1 is 1.00 bits per heavy atom. The van der Waals surface area contributed by atoms with Gasteiger partial charge >= 0.3 is 0 Å². The Kier molecular flexibility index (Phi) is 11.1. The molecule has 4 heterocycles. The summed E-state index contributed by atoms with van der Waals surface area (Å²) in [6, 6.07) is 18.4. The Hall–Kier alpha value is -5.11. The van der Waals surface area contributed by atoms with Crippen molar-refractivity contribution in [1.29, 1.82) is 0 Å². The third-order valence-electron chi connectivity index (χ3n) is 10.2. The van der Waals surface area contributed by atoms with Gasteiger partial charge in [-0.25, -0.2) is 9.37 Å². The Morgan fingerprint density at radius 2 is 1.79 bits per heavy atom. The lowest BCUT2D eigenvalue weighted by Crippen LogP contribution is -2.43. The van der Waals surface area contributed by atoms with Crippen molar-refractivity contribution in [3.8, 4) is 28.5 Å². The number of carbonyl (C=O) groups excluding carboxylic acids is 1. The Morgan fingerprint density at radius 3 is 2.53 bits per heavy atom. The van der Waals surface area contributed by atoms with Crippen LogP contribution in [0.4, 0.5) is 4.39 Å². The molecule has 5 aromatic rings. The molecule has 1 saturated heterocycles. The molecule has 7 rings (SSSR count). The molecule has 1 saturated carbocycles. The first-order valence-corrected chi connectivity index (χ1v) is 18.3. The van der Waals surface area contributed by atoms with Gasteiger partial charge in [0.05, 0.1) is 30.8 Å². The summed E-state index contributed by atoms with van der Waals surface area (Å²) in [6.45, 7) is 7.11. The number of morpholine rings is 1. The number of aromatic nitrogens is 5. The molecule has 0 radical (unpaired) electrons. The first-order chi connectivity index (χ1) is 25.7. The van der Waals surface area contributed by atoms with Crippen LogP contribution in [-0.2, 0) is 38.5 Å². The largest absolute Gasteiger partial charge is 0.508 e. The van der Waals surface area contributed by atoms with Gasteiger partial charge in [0.15, 0.2) is 0 Å². The minimum Gasteiger partial charge on any atom is -0.508 e. The number of phenols is 1. The van der Waals surface area contributed by atoms with Crippen LogP contribution in [0.1, 0.15) is 58.7 Å². The van der Waals surface area contributed by atoms with E-state index < -0.39 is 11.7 Å². The SMILES string of the molecule is Cc1cc(CN(Cc2ccn(C)n2)[C@H]2CC[C@@H](NC(=O)c3cc(F)cnc3Oc3cccc(-c4ccc(O)cc4CN4CCOCC4)c3)CC2)nn1C. The quantitative estimate of drug-likeness (QED) is 0.166. The fourth-order valence-electron chi connectivity index (χ4n) is 7.34. The van der Waals surface area contributed by atoms with E-state index in [9.17, 15) is 14.3 Å². The fraction of sp³-hybridized carbons (Fsp3) is 0.400. The summed E-state index contributed by atoms with van der Waals surface area (Å²) < 4.78 is 30.0. The van der Waals surface area contributed by atoms with Gasteiger partial charge in [0.2, 0.25) is 5.88 Å². The number of ether oxygens (including phenoxy) is 2. The van der Waals surface area contributed by atoms with E-state index in [0.29, 0.717) is 38.6 Å². The average Bonchev–Trinajstić information content (AvgIpc) is 3.71. The van der Waals surface area contributed by atoms with Crippen molar-refractivity contribution in [2.75, 3.05) is 26.3 Å². The number of nitrogens with one attached hydrogen (secondary N) is 1. The minimum atomic E-state index is -0.619. The summed E-state index contributed by atoms with van der Waals surface area (Å²) in [5, 5.41) is 22.7. The number of benzene rings is 2. The van der Waals surface area contributed by atoms with E-state index in [-0.39, 0.29) is 29.3 Å². The maximum absolute atomic E-state index is 14.6. The number of aromatic hydroxyl groups is 1. The third-order valence-corrected chi connectivity index (χ3v) is 10.2. The maximum atomic E-state index is 14.6. The molecule has 1 amide bonds. The van der Waals surface area contributed by atoms with E-state index in [2.05, 4.69) is 38.2 Å². The molecule has 2 fully saturated rings. The Balaban J connectivity index is 1.02. The zero-order valence-corrected chi connectivity index (χ0v) is 30.5. The molecule has 53 heavy (non-hydrogen) atoms. The molecule has 0 bridgehead atoms. The summed E-state index contributed by atoms with van der Waals surface area (Å²) >= 11 is 0. The van der Waals surface area contributed by atoms with Gasteiger partial charge < -0.3 is 19.9 Å². The monoisotopic (exact) mass is 722 g/mol. The van der Waals surface area contributed by atoms with Crippen molar-refractivity contribution in [2.45, 2.75) is 64.3 Å². The van der Waals surface area contributed by atoms with Crippen molar-refractivity contribution >= 4 is 5.91 Å². The van der Waals surface area contributed by atoms with E-state index >= 15 is 0 Å². The number of carbonyl (C=O) groups is 1. The number of phenolic OH excluding ortho intramolecular Hbond substituents is 1. The number of nitrogens with zero attached hydrogens (tertiary/aromatic N) is 7. The summed E-state index contributed by atoms with van der Waals surface area (Å²) in [7, 11) is 3.88. The molecule has 1 aliphatic carbocycles. The van der Waals surface area contributed by atoms with E-state index in [4.69, 9.17) is 14.6 Å². The number of amides is 1. The molecule has 2 aromatic carbocycles. The number of hydrogen-bond acceptors (Lipinski definition) is 9. The normalized spacial score (nSPS) is 18.0. The van der Waals surface area contributed by atoms with Crippen molar-refractivity contribution in [1.82, 2.24) is 39.7 Å². The van der Waals surface area contributed by atoms with Crippen LogP contribution in [0.5, 0.6) is 17.4 Å². The molecule has 0 atom stereocenters. The lowest BCUT2D eigenvalue weighted by atomic mass is 9.89. The number of rotatable bonds is 12. The number of halogens is 1. The molecular weight excluding hydrogens is 675 g/mol. The van der Waals surface area contributed by atoms with Crippen molar-refractivity contribution in [3.63, 3.8) is 0 Å². The lowest BCUT2D eigenvalue weighted by Gasteiger charge is -2.36. The first kappa shape index (κ1) is 36.3. The summed E-state index contributed by atoms with van der Waals surface area (Å²) in [4.78, 5) is 22.6. The van der Waals surface area contributed by atoms with Crippen molar-refractivity contribution < 1.29 is 23.8 Å². The highest BCUT2D eigenvalue weighted by Gasteiger charge is 2.29. The molecule has 0 spiro atoms. The van der Waals surface area contributed by atoms with Gasteiger partial charge in [-0.1, -0.05) is 18.2 Å². The molecule has 3 aromatic heterocycles. The highest BCUT2D eigenvalue weighted by atomic mass is 19.1. The van der Waals surface area contributed by atoms with E-state index in [1.54, 1.807) is 18.2 Å². The van der Waals surface area contributed by atoms with E-state index in [1.165, 1.54) is 6.07 Å². The molecule has 0 unspecified atom stereocenters. The van der Waals surface area contributed by atoms with Crippen LogP contribution >= 0.6 is 0 Å². The minimum absolute atomic E-state index is 0.0289. The summed E-state index contributed by atoms with van der Waals surface area (Å²) in [5.74, 6) is -0.358. The molecular formula is C40H47FN8O4. The van der Waals surface area contributed by atoms with E-state index in [1.807, 2.05) is 60.0 Å². The van der Waals surface area contributed by atoms with Crippen LogP contribution in [-0.4, -0.2) is 83.7 Å². The molecule has 2 aliphatic rings. The molecule has 1 aliphatic heterocycles. The zero-order valence-electron chi connectivity index (χ0n) is 30.5. The number of pyridine rings is 1. The van der Waals surface area contributed by atoms with Crippen LogP contribution < -0.4 is 10.1 Å². The first-order valence-electron chi connectivity index (χ1n) is 18.3. The predicted molar refractivity (Wildman–Crippen MR) is 198 cm³/mol. The van der Waals surface area contributed by atoms with Crippen LogP contribution in [0.2, 0.25) is 0 Å². The Bertz CT molecular complexity index is 2010. The highest BCUT2D eigenvalue weighted by Crippen LogP contribution is 2.33. The van der Waals surface area contributed by atoms with Crippen molar-refractivity contribution in [2.24, 2.45) is 14.1 Å². The van der Waals surface area contributed by atoms with Gasteiger partial charge in [-0.2, -0.15) is 10.2 Å². The van der Waals surface area contributed by atoms with Crippen LogP contribution in [0.25, 0.3) is 11.1 Å². The summed E-state index contributed by atoms with van der Waals surface area (Å²) in [5.41, 5.74) is 5.98. The maximum Gasteiger partial charge on any atom is 0.257 e. The topological polar surface area (TPSA) is 123 Å². The van der Waals surface area contributed by atoms with Crippen LogP contribution in [0, 0.1) is 12.7 Å². The second-order valence-corrected chi connectivity index (χ2v) is 14.1. The van der Waals surface area contributed by atoms with Gasteiger partial charge in [-0.05, 0) is 91.8 Å². The average molecular weight is 723 g/mol.